The molecule has 1 unspecified atom stereocenters. The number of rotatable bonds is 6. The van der Waals surface area contributed by atoms with E-state index in [0.717, 1.165) is 12.8 Å². The van der Waals surface area contributed by atoms with Crippen molar-refractivity contribution in [1.82, 2.24) is 0 Å². The van der Waals surface area contributed by atoms with Crippen molar-refractivity contribution in [2.24, 2.45) is 17.1 Å². The maximum atomic E-state index is 13.4. The fraction of sp³-hybridized carbons (Fsp3) is 0.588. The van der Waals surface area contributed by atoms with Crippen LogP contribution < -0.4 is 11.1 Å². The Morgan fingerprint density at radius 1 is 1.33 bits per heavy atom. The van der Waals surface area contributed by atoms with Crippen molar-refractivity contribution >= 4 is 11.6 Å². The predicted molar refractivity (Wildman–Crippen MR) is 85.6 cm³/mol. The lowest BCUT2D eigenvalue weighted by Gasteiger charge is -2.30. The van der Waals surface area contributed by atoms with Crippen LogP contribution in [0, 0.1) is 24.1 Å². The molecule has 1 aromatic carbocycles. The average Bonchev–Trinajstić information content (AvgIpc) is 2.38. The van der Waals surface area contributed by atoms with Gasteiger partial charge < -0.3 is 11.1 Å². The zero-order valence-electron chi connectivity index (χ0n) is 13.5. The summed E-state index contributed by atoms with van der Waals surface area (Å²) in [5.41, 5.74) is 6.80. The molecule has 4 heteroatoms. The largest absolute Gasteiger partial charge is 0.330 e. The highest BCUT2D eigenvalue weighted by molar-refractivity contribution is 5.91. The zero-order chi connectivity index (χ0) is 16.0. The highest BCUT2D eigenvalue weighted by atomic mass is 19.1. The van der Waals surface area contributed by atoms with Gasteiger partial charge in [-0.05, 0) is 49.8 Å². The van der Waals surface area contributed by atoms with E-state index >= 15 is 0 Å². The standard InChI is InChI=1S/C17H27FN2O/c1-12-14(18)6-5-7-15(12)20-16(21)9-8-13(10-11-19)17(2,3)4/h5-7,13H,8-11,19H2,1-4H3,(H,20,21). The monoisotopic (exact) mass is 294 g/mol. The van der Waals surface area contributed by atoms with Crippen LogP contribution >= 0.6 is 0 Å². The van der Waals surface area contributed by atoms with E-state index in [4.69, 9.17) is 5.73 Å². The van der Waals surface area contributed by atoms with Crippen molar-refractivity contribution in [2.75, 3.05) is 11.9 Å². The second kappa shape index (κ2) is 7.55. The number of halogens is 1. The summed E-state index contributed by atoms with van der Waals surface area (Å²) < 4.78 is 13.4. The summed E-state index contributed by atoms with van der Waals surface area (Å²) in [4.78, 5) is 12.0. The predicted octanol–water partition coefficient (Wildman–Crippen LogP) is 3.86. The second-order valence-electron chi connectivity index (χ2n) is 6.64. The molecule has 1 amide bonds. The molecule has 0 saturated carbocycles. The van der Waals surface area contributed by atoms with Crippen LogP contribution in [0.15, 0.2) is 18.2 Å². The number of carbonyl (C=O) groups is 1. The third-order valence-electron chi connectivity index (χ3n) is 4.00. The minimum atomic E-state index is -0.302. The van der Waals surface area contributed by atoms with Gasteiger partial charge in [0.25, 0.3) is 0 Å². The SMILES string of the molecule is Cc1c(F)cccc1NC(=O)CCC(CCN)C(C)(C)C. The smallest absolute Gasteiger partial charge is 0.224 e. The van der Waals surface area contributed by atoms with Gasteiger partial charge in [0.2, 0.25) is 5.91 Å². The van der Waals surface area contributed by atoms with Gasteiger partial charge in [-0.3, -0.25) is 4.79 Å². The highest BCUT2D eigenvalue weighted by Crippen LogP contribution is 2.32. The van der Waals surface area contributed by atoms with Crippen molar-refractivity contribution in [1.29, 1.82) is 0 Å². The molecular weight excluding hydrogens is 267 g/mol. The molecule has 0 bridgehead atoms. The number of anilines is 1. The Labute approximate surface area is 127 Å². The highest BCUT2D eigenvalue weighted by Gasteiger charge is 2.24. The van der Waals surface area contributed by atoms with Gasteiger partial charge in [0, 0.05) is 17.7 Å². The second-order valence-corrected chi connectivity index (χ2v) is 6.64. The summed E-state index contributed by atoms with van der Waals surface area (Å²) in [7, 11) is 0. The fourth-order valence-corrected chi connectivity index (χ4v) is 2.47. The molecule has 1 aromatic rings. The van der Waals surface area contributed by atoms with E-state index in [9.17, 15) is 9.18 Å². The summed E-state index contributed by atoms with van der Waals surface area (Å²) >= 11 is 0. The molecule has 0 aliphatic heterocycles. The molecule has 0 fully saturated rings. The van der Waals surface area contributed by atoms with Crippen LogP contribution in [0.1, 0.15) is 45.6 Å². The maximum Gasteiger partial charge on any atom is 0.224 e. The Kier molecular flexibility index (Phi) is 6.34. The Morgan fingerprint density at radius 2 is 2.00 bits per heavy atom. The van der Waals surface area contributed by atoms with Crippen LogP contribution in [0.3, 0.4) is 0 Å². The van der Waals surface area contributed by atoms with Crippen LogP contribution in [-0.2, 0) is 4.79 Å². The Hall–Kier alpha value is -1.42. The van der Waals surface area contributed by atoms with Crippen LogP contribution in [-0.4, -0.2) is 12.5 Å². The van der Waals surface area contributed by atoms with Crippen molar-refractivity contribution < 1.29 is 9.18 Å². The molecule has 0 aromatic heterocycles. The molecule has 0 radical (unpaired) electrons. The number of benzene rings is 1. The number of amides is 1. The molecule has 1 rings (SSSR count). The molecule has 0 spiro atoms. The van der Waals surface area contributed by atoms with Gasteiger partial charge in [0.05, 0.1) is 0 Å². The third-order valence-corrected chi connectivity index (χ3v) is 4.00. The first-order valence-electron chi connectivity index (χ1n) is 7.50. The van der Waals surface area contributed by atoms with Crippen LogP contribution in [0.5, 0.6) is 0 Å². The molecule has 3 nitrogen and oxygen atoms in total. The minimum absolute atomic E-state index is 0.0741. The van der Waals surface area contributed by atoms with Crippen LogP contribution in [0.2, 0.25) is 0 Å². The number of carbonyl (C=O) groups excluding carboxylic acids is 1. The van der Waals surface area contributed by atoms with Crippen molar-refractivity contribution in [2.45, 2.75) is 47.0 Å². The normalized spacial score (nSPS) is 13.0. The summed E-state index contributed by atoms with van der Waals surface area (Å²) in [5.74, 6) is 0.0281. The lowest BCUT2D eigenvalue weighted by molar-refractivity contribution is -0.116. The van der Waals surface area contributed by atoms with Gasteiger partial charge in [-0.15, -0.1) is 0 Å². The average molecular weight is 294 g/mol. The Balaban J connectivity index is 2.59. The van der Waals surface area contributed by atoms with Gasteiger partial charge >= 0.3 is 0 Å². The molecular formula is C17H27FN2O. The van der Waals surface area contributed by atoms with Gasteiger partial charge in [-0.1, -0.05) is 26.8 Å². The van der Waals surface area contributed by atoms with Gasteiger partial charge in [0.1, 0.15) is 5.82 Å². The lowest BCUT2D eigenvalue weighted by Crippen LogP contribution is -2.25. The van der Waals surface area contributed by atoms with Crippen LogP contribution in [0.4, 0.5) is 10.1 Å². The molecule has 21 heavy (non-hydrogen) atoms. The topological polar surface area (TPSA) is 55.1 Å². The summed E-state index contributed by atoms with van der Waals surface area (Å²) in [6, 6.07) is 4.71. The van der Waals surface area contributed by atoms with Crippen molar-refractivity contribution in [3.05, 3.63) is 29.6 Å². The summed E-state index contributed by atoms with van der Waals surface area (Å²) in [6.07, 6.45) is 2.13. The maximum absolute atomic E-state index is 13.4. The number of hydrogen-bond acceptors (Lipinski definition) is 2. The summed E-state index contributed by atoms with van der Waals surface area (Å²) in [5, 5.41) is 2.79. The van der Waals surface area contributed by atoms with E-state index < -0.39 is 0 Å². The zero-order valence-corrected chi connectivity index (χ0v) is 13.5. The molecule has 0 aliphatic rings. The Morgan fingerprint density at radius 3 is 2.57 bits per heavy atom. The lowest BCUT2D eigenvalue weighted by atomic mass is 9.76. The number of nitrogens with two attached hydrogens (primary N) is 1. The first-order valence-corrected chi connectivity index (χ1v) is 7.50. The quantitative estimate of drug-likeness (QED) is 0.837. The van der Waals surface area contributed by atoms with Crippen LogP contribution in [0.25, 0.3) is 0 Å². The first-order chi connectivity index (χ1) is 9.75. The van der Waals surface area contributed by atoms with E-state index in [-0.39, 0.29) is 17.1 Å². The fourth-order valence-electron chi connectivity index (χ4n) is 2.47. The number of nitrogens with one attached hydrogen (secondary N) is 1. The number of hydrogen-bond donors (Lipinski definition) is 2. The minimum Gasteiger partial charge on any atom is -0.330 e. The first kappa shape index (κ1) is 17.6. The molecule has 3 N–H and O–H groups in total. The van der Waals surface area contributed by atoms with E-state index in [1.54, 1.807) is 19.1 Å². The summed E-state index contributed by atoms with van der Waals surface area (Å²) in [6.45, 7) is 8.80. The van der Waals surface area contributed by atoms with E-state index in [2.05, 4.69) is 26.1 Å². The van der Waals surface area contributed by atoms with Gasteiger partial charge in [0.15, 0.2) is 0 Å². The van der Waals surface area contributed by atoms with Gasteiger partial charge in [-0.25, -0.2) is 4.39 Å². The van der Waals surface area contributed by atoms with Gasteiger partial charge in [-0.2, -0.15) is 0 Å². The van der Waals surface area contributed by atoms with Crippen molar-refractivity contribution in [3.63, 3.8) is 0 Å². The molecule has 1 atom stereocenters. The molecule has 118 valence electrons. The Bertz CT molecular complexity index is 480. The molecule has 0 saturated heterocycles. The van der Waals surface area contributed by atoms with Crippen molar-refractivity contribution in [3.8, 4) is 0 Å². The third kappa shape index (κ3) is 5.46. The molecule has 0 aliphatic carbocycles. The van der Waals surface area contributed by atoms with E-state index in [1.807, 2.05) is 0 Å². The van der Waals surface area contributed by atoms with E-state index in [0.29, 0.717) is 30.1 Å². The van der Waals surface area contributed by atoms with E-state index in [1.165, 1.54) is 6.07 Å². The molecule has 0 heterocycles.